The van der Waals surface area contributed by atoms with Crippen molar-refractivity contribution in [3.8, 4) is 11.1 Å². The Morgan fingerprint density at radius 3 is 2.37 bits per heavy atom. The van der Waals surface area contributed by atoms with Crippen molar-refractivity contribution < 1.29 is 24.1 Å². The van der Waals surface area contributed by atoms with E-state index in [1.807, 2.05) is 37.3 Å². The second-order valence-corrected chi connectivity index (χ2v) is 9.34. The number of morpholine rings is 1. The van der Waals surface area contributed by atoms with Crippen LogP contribution in [0.5, 0.6) is 0 Å². The highest BCUT2D eigenvalue weighted by Gasteiger charge is 2.25. The molecular weight excluding hydrogens is 444 g/mol. The van der Waals surface area contributed by atoms with Crippen LogP contribution in [0.2, 0.25) is 0 Å². The van der Waals surface area contributed by atoms with E-state index < -0.39 is 6.10 Å². The lowest BCUT2D eigenvalue weighted by atomic mass is 9.94. The second-order valence-electron chi connectivity index (χ2n) is 9.34. The fraction of sp³-hybridized carbons (Fsp3) is 0.536. The fourth-order valence-electron chi connectivity index (χ4n) is 5.14. The number of β-amino-alcohol motifs (C(OH)–C–C–N with tert-alkyl or cyclic N) is 1. The van der Waals surface area contributed by atoms with E-state index in [0.29, 0.717) is 31.4 Å². The average molecular weight is 483 g/mol. The van der Waals surface area contributed by atoms with E-state index in [0.717, 1.165) is 73.6 Å². The smallest absolute Gasteiger partial charge is 0.338 e. The molecule has 0 aromatic heterocycles. The predicted octanol–water partition coefficient (Wildman–Crippen LogP) is 3.82. The molecule has 2 aromatic rings. The molecule has 0 amide bonds. The highest BCUT2D eigenvalue weighted by Crippen LogP contribution is 2.34. The molecule has 35 heavy (non-hydrogen) atoms. The van der Waals surface area contributed by atoms with Crippen LogP contribution in [0.4, 0.5) is 5.69 Å². The topological polar surface area (TPSA) is 71.5 Å². The number of hydrogen-bond acceptors (Lipinski definition) is 7. The van der Waals surface area contributed by atoms with Crippen molar-refractivity contribution in [1.82, 2.24) is 4.90 Å². The summed E-state index contributed by atoms with van der Waals surface area (Å²) in [4.78, 5) is 17.3. The van der Waals surface area contributed by atoms with Crippen LogP contribution in [-0.4, -0.2) is 81.7 Å². The number of anilines is 1. The predicted molar refractivity (Wildman–Crippen MR) is 137 cm³/mol. The Kier molecular flexibility index (Phi) is 8.78. The summed E-state index contributed by atoms with van der Waals surface area (Å²) < 4.78 is 16.1. The maximum absolute atomic E-state index is 12.7. The van der Waals surface area contributed by atoms with E-state index >= 15 is 0 Å². The molecule has 2 aromatic carbocycles. The molecule has 7 heteroatoms. The third-order valence-electron chi connectivity index (χ3n) is 7.23. The van der Waals surface area contributed by atoms with Crippen LogP contribution in [-0.2, 0) is 14.2 Å². The molecule has 2 saturated heterocycles. The number of benzene rings is 2. The van der Waals surface area contributed by atoms with E-state index in [1.165, 1.54) is 7.11 Å². The number of rotatable bonds is 8. The normalized spacial score (nSPS) is 18.3. The van der Waals surface area contributed by atoms with Gasteiger partial charge in [-0.25, -0.2) is 4.79 Å². The number of esters is 1. The van der Waals surface area contributed by atoms with Crippen LogP contribution in [0.25, 0.3) is 11.1 Å². The van der Waals surface area contributed by atoms with E-state index in [2.05, 4.69) is 22.8 Å². The van der Waals surface area contributed by atoms with Crippen molar-refractivity contribution in [2.24, 2.45) is 0 Å². The van der Waals surface area contributed by atoms with Gasteiger partial charge in [-0.05, 0) is 61.1 Å². The zero-order valence-electron chi connectivity index (χ0n) is 21.2. The molecule has 4 rings (SSSR count). The van der Waals surface area contributed by atoms with Crippen molar-refractivity contribution >= 4 is 11.7 Å². The number of carbonyl (C=O) groups excluding carboxylic acids is 1. The van der Waals surface area contributed by atoms with Gasteiger partial charge in [-0.15, -0.1) is 0 Å². The summed E-state index contributed by atoms with van der Waals surface area (Å²) in [5.74, 6) is -0.328. The summed E-state index contributed by atoms with van der Waals surface area (Å²) in [6.07, 6.45) is 1.40. The van der Waals surface area contributed by atoms with Crippen LogP contribution < -0.4 is 4.90 Å². The van der Waals surface area contributed by atoms with Gasteiger partial charge in [0.05, 0.1) is 32.0 Å². The number of aliphatic hydroxyl groups is 1. The van der Waals surface area contributed by atoms with Gasteiger partial charge in [0, 0.05) is 51.1 Å². The van der Waals surface area contributed by atoms with E-state index in [4.69, 9.17) is 14.2 Å². The first-order valence-electron chi connectivity index (χ1n) is 12.7. The zero-order chi connectivity index (χ0) is 24.8. The van der Waals surface area contributed by atoms with Gasteiger partial charge in [0.25, 0.3) is 0 Å². The lowest BCUT2D eigenvalue weighted by Crippen LogP contribution is -2.40. The van der Waals surface area contributed by atoms with Crippen LogP contribution in [0, 0.1) is 6.92 Å². The minimum Gasteiger partial charge on any atom is -0.465 e. The molecule has 0 aliphatic carbocycles. The molecule has 190 valence electrons. The lowest BCUT2D eigenvalue weighted by molar-refractivity contribution is 0.0143. The van der Waals surface area contributed by atoms with Crippen molar-refractivity contribution in [3.05, 3.63) is 53.1 Å². The number of aliphatic hydroxyl groups excluding tert-OH is 1. The Morgan fingerprint density at radius 2 is 1.74 bits per heavy atom. The zero-order valence-corrected chi connectivity index (χ0v) is 21.2. The number of methoxy groups -OCH3 is 1. The molecule has 2 aliphatic heterocycles. The Hall–Kier alpha value is -2.45. The minimum absolute atomic E-state index is 0.328. The third-order valence-corrected chi connectivity index (χ3v) is 7.23. The van der Waals surface area contributed by atoms with Crippen molar-refractivity contribution in [1.29, 1.82) is 0 Å². The van der Waals surface area contributed by atoms with Gasteiger partial charge in [0.15, 0.2) is 0 Å². The van der Waals surface area contributed by atoms with Crippen molar-refractivity contribution in [2.45, 2.75) is 38.8 Å². The minimum atomic E-state index is -0.550. The third kappa shape index (κ3) is 6.04. The molecule has 2 aliphatic rings. The molecule has 1 N–H and O–H groups in total. The van der Waals surface area contributed by atoms with Gasteiger partial charge in [-0.3, -0.25) is 4.90 Å². The average Bonchev–Trinajstić information content (AvgIpc) is 2.91. The monoisotopic (exact) mass is 482 g/mol. The van der Waals surface area contributed by atoms with E-state index in [9.17, 15) is 9.90 Å². The Labute approximate surface area is 208 Å². The molecule has 0 radical (unpaired) electrons. The van der Waals surface area contributed by atoms with Gasteiger partial charge in [0.1, 0.15) is 0 Å². The first-order chi connectivity index (χ1) is 17.0. The molecular formula is C28H38N2O5. The Morgan fingerprint density at radius 1 is 1.09 bits per heavy atom. The molecule has 0 saturated carbocycles. The fourth-order valence-corrected chi connectivity index (χ4v) is 5.14. The summed E-state index contributed by atoms with van der Waals surface area (Å²) in [7, 11) is 1.43. The van der Waals surface area contributed by atoms with Crippen LogP contribution in [0.15, 0.2) is 36.4 Å². The summed E-state index contributed by atoms with van der Waals surface area (Å²) in [5, 5.41) is 10.8. The van der Waals surface area contributed by atoms with E-state index in [-0.39, 0.29) is 5.97 Å². The highest BCUT2D eigenvalue weighted by atomic mass is 16.5. The van der Waals surface area contributed by atoms with Gasteiger partial charge in [-0.2, -0.15) is 0 Å². The van der Waals surface area contributed by atoms with E-state index in [1.54, 1.807) is 0 Å². The van der Waals surface area contributed by atoms with Gasteiger partial charge in [0.2, 0.25) is 0 Å². The summed E-state index contributed by atoms with van der Waals surface area (Å²) in [5.41, 5.74) is 5.44. The van der Waals surface area contributed by atoms with Crippen molar-refractivity contribution in [3.63, 3.8) is 0 Å². The maximum Gasteiger partial charge on any atom is 0.338 e. The SMILES string of the molecule is CCN(c1cc(-c2ccc(C(O)CN3CCOCC3)cc2)cc(C(=O)OC)c1C)C1CCOCC1. The molecule has 1 atom stereocenters. The molecule has 1 unspecified atom stereocenters. The van der Waals surface area contributed by atoms with Crippen LogP contribution in [0.3, 0.4) is 0 Å². The second kappa shape index (κ2) is 12.0. The number of nitrogens with zero attached hydrogens (tertiary/aromatic N) is 2. The molecule has 0 spiro atoms. The first kappa shape index (κ1) is 25.6. The molecule has 2 heterocycles. The first-order valence-corrected chi connectivity index (χ1v) is 12.7. The molecule has 2 fully saturated rings. The number of ether oxygens (including phenoxy) is 3. The van der Waals surface area contributed by atoms with Gasteiger partial charge >= 0.3 is 5.97 Å². The summed E-state index contributed by atoms with van der Waals surface area (Å²) in [6, 6.07) is 12.5. The Balaban J connectivity index is 1.62. The Bertz CT molecular complexity index is 982. The highest BCUT2D eigenvalue weighted by molar-refractivity contribution is 5.95. The summed E-state index contributed by atoms with van der Waals surface area (Å²) >= 11 is 0. The largest absolute Gasteiger partial charge is 0.465 e. The van der Waals surface area contributed by atoms with Crippen molar-refractivity contribution in [2.75, 3.05) is 64.6 Å². The quantitative estimate of drug-likeness (QED) is 0.574. The molecule has 7 nitrogen and oxygen atoms in total. The summed E-state index contributed by atoms with van der Waals surface area (Å²) in [6.45, 7) is 10.2. The van der Waals surface area contributed by atoms with Crippen LogP contribution >= 0.6 is 0 Å². The standard InChI is InChI=1S/C28H38N2O5/c1-4-30(24-9-13-34-14-10-24)26-18-23(17-25(20(26)2)28(32)33-3)21-5-7-22(8-6-21)27(31)19-29-11-15-35-16-12-29/h5-8,17-18,24,27,31H,4,9-16,19H2,1-3H3. The maximum atomic E-state index is 12.7. The van der Waals surface area contributed by atoms with Gasteiger partial charge < -0.3 is 24.2 Å². The lowest BCUT2D eigenvalue weighted by Gasteiger charge is -2.37. The number of hydrogen-bond donors (Lipinski definition) is 1. The van der Waals surface area contributed by atoms with Gasteiger partial charge in [-0.1, -0.05) is 24.3 Å². The number of carbonyl (C=O) groups is 1. The molecule has 0 bridgehead atoms. The van der Waals surface area contributed by atoms with Crippen LogP contribution in [0.1, 0.15) is 47.4 Å².